The van der Waals surface area contributed by atoms with Gasteiger partial charge < -0.3 is 5.73 Å². The number of aromatic nitrogens is 3. The zero-order valence-corrected chi connectivity index (χ0v) is 10.6. The summed E-state index contributed by atoms with van der Waals surface area (Å²) in [7, 11) is 1.78. The van der Waals surface area contributed by atoms with Gasteiger partial charge in [-0.2, -0.15) is 0 Å². The summed E-state index contributed by atoms with van der Waals surface area (Å²) < 4.78 is 14.5. The summed E-state index contributed by atoms with van der Waals surface area (Å²) in [5, 5.41) is 8.76. The average Bonchev–Trinajstić information content (AvgIpc) is 2.59. The highest BCUT2D eigenvalue weighted by molar-refractivity contribution is 7.98. The van der Waals surface area contributed by atoms with Crippen LogP contribution in [0.15, 0.2) is 23.4 Å². The van der Waals surface area contributed by atoms with E-state index in [0.717, 1.165) is 5.56 Å². The molecule has 0 fully saturated rings. The molecule has 1 aromatic carbocycles. The molecule has 0 bridgehead atoms. The predicted molar refractivity (Wildman–Crippen MR) is 66.4 cm³/mol. The van der Waals surface area contributed by atoms with Crippen molar-refractivity contribution in [1.29, 1.82) is 0 Å². The lowest BCUT2D eigenvalue weighted by molar-refractivity contribution is 0.627. The fraction of sp³-hybridized carbons (Fsp3) is 0.200. The van der Waals surface area contributed by atoms with Crippen molar-refractivity contribution in [2.75, 3.05) is 5.73 Å². The van der Waals surface area contributed by atoms with Gasteiger partial charge in [0.2, 0.25) is 5.95 Å². The number of halogens is 2. The van der Waals surface area contributed by atoms with Crippen molar-refractivity contribution in [2.45, 2.75) is 10.9 Å². The Hall–Kier alpha value is -1.27. The maximum absolute atomic E-state index is 12.8. The first-order chi connectivity index (χ1) is 8.08. The number of hydrogen-bond donors (Lipinski definition) is 1. The molecule has 0 aliphatic rings. The molecule has 0 aliphatic heterocycles. The molecular formula is C10H10ClFN4S. The Labute approximate surface area is 107 Å². The van der Waals surface area contributed by atoms with E-state index in [-0.39, 0.29) is 5.82 Å². The molecule has 1 aromatic heterocycles. The lowest BCUT2D eigenvalue weighted by atomic mass is 10.2. The lowest BCUT2D eigenvalue weighted by Crippen LogP contribution is -1.98. The molecule has 0 atom stereocenters. The molecule has 7 heteroatoms. The van der Waals surface area contributed by atoms with E-state index < -0.39 is 0 Å². The van der Waals surface area contributed by atoms with E-state index in [9.17, 15) is 4.39 Å². The Kier molecular flexibility index (Phi) is 3.54. The summed E-state index contributed by atoms with van der Waals surface area (Å²) in [6.45, 7) is 0. The second kappa shape index (κ2) is 4.93. The molecule has 0 radical (unpaired) electrons. The van der Waals surface area contributed by atoms with Gasteiger partial charge >= 0.3 is 0 Å². The van der Waals surface area contributed by atoms with Crippen LogP contribution in [0.25, 0.3) is 0 Å². The monoisotopic (exact) mass is 272 g/mol. The van der Waals surface area contributed by atoms with Gasteiger partial charge in [0.15, 0.2) is 5.16 Å². The van der Waals surface area contributed by atoms with E-state index in [0.29, 0.717) is 21.9 Å². The molecule has 90 valence electrons. The van der Waals surface area contributed by atoms with E-state index in [1.807, 2.05) is 0 Å². The van der Waals surface area contributed by atoms with E-state index in [2.05, 4.69) is 10.2 Å². The van der Waals surface area contributed by atoms with Gasteiger partial charge in [-0.3, -0.25) is 4.57 Å². The normalized spacial score (nSPS) is 10.8. The molecule has 4 nitrogen and oxygen atoms in total. The zero-order chi connectivity index (χ0) is 12.4. The standard InChI is InChI=1S/C10H10ClFN4S/c1-16-9(13)14-15-10(16)17-5-6-2-3-7(12)4-8(6)11/h2-4H,5H2,1H3,(H2,13,14). The quantitative estimate of drug-likeness (QED) is 0.872. The lowest BCUT2D eigenvalue weighted by Gasteiger charge is -2.04. The molecule has 0 aliphatic carbocycles. The van der Waals surface area contributed by atoms with Crippen molar-refractivity contribution < 1.29 is 4.39 Å². The van der Waals surface area contributed by atoms with Crippen LogP contribution in [-0.2, 0) is 12.8 Å². The fourth-order valence-corrected chi connectivity index (χ4v) is 2.47. The molecule has 0 saturated carbocycles. The fourth-order valence-electron chi connectivity index (χ4n) is 1.23. The van der Waals surface area contributed by atoms with Crippen molar-refractivity contribution in [3.05, 3.63) is 34.6 Å². The maximum atomic E-state index is 12.8. The number of benzene rings is 1. The number of nitrogens with zero attached hydrogens (tertiary/aromatic N) is 3. The SMILES string of the molecule is Cn1c(N)nnc1SCc1ccc(F)cc1Cl. The Balaban J connectivity index is 2.10. The maximum Gasteiger partial charge on any atom is 0.222 e. The molecule has 1 heterocycles. The molecule has 2 N–H and O–H groups in total. The van der Waals surface area contributed by atoms with Gasteiger partial charge in [-0.15, -0.1) is 10.2 Å². The predicted octanol–water partition coefficient (Wildman–Crippen LogP) is 2.48. The van der Waals surface area contributed by atoms with Crippen molar-refractivity contribution in [3.63, 3.8) is 0 Å². The minimum Gasteiger partial charge on any atom is -0.368 e. The van der Waals surface area contributed by atoms with Crippen LogP contribution in [0, 0.1) is 5.82 Å². The number of anilines is 1. The van der Waals surface area contributed by atoms with Gasteiger partial charge in [-0.05, 0) is 17.7 Å². The Bertz CT molecular complexity index is 543. The summed E-state index contributed by atoms with van der Waals surface area (Å²) in [6.07, 6.45) is 0. The molecule has 0 unspecified atom stereocenters. The summed E-state index contributed by atoms with van der Waals surface area (Å²) >= 11 is 7.36. The van der Waals surface area contributed by atoms with Gasteiger partial charge in [0.25, 0.3) is 0 Å². The van der Waals surface area contributed by atoms with Crippen LogP contribution in [0.5, 0.6) is 0 Å². The second-order valence-electron chi connectivity index (χ2n) is 3.42. The van der Waals surface area contributed by atoms with Crippen molar-refractivity contribution in [2.24, 2.45) is 7.05 Å². The minimum atomic E-state index is -0.341. The third kappa shape index (κ3) is 2.70. The molecule has 0 spiro atoms. The molecule has 0 amide bonds. The first-order valence-corrected chi connectivity index (χ1v) is 6.16. The summed E-state index contributed by atoms with van der Waals surface area (Å²) in [5.74, 6) is 0.606. The molecule has 2 aromatic rings. The van der Waals surface area contributed by atoms with Crippen LogP contribution in [0.3, 0.4) is 0 Å². The van der Waals surface area contributed by atoms with Gasteiger partial charge in [-0.1, -0.05) is 29.4 Å². The van der Waals surface area contributed by atoms with Gasteiger partial charge in [-0.25, -0.2) is 4.39 Å². The largest absolute Gasteiger partial charge is 0.368 e. The summed E-state index contributed by atoms with van der Waals surface area (Å²) in [6, 6.07) is 4.33. The van der Waals surface area contributed by atoms with E-state index in [1.54, 1.807) is 17.7 Å². The van der Waals surface area contributed by atoms with Crippen molar-refractivity contribution >= 4 is 29.3 Å². The van der Waals surface area contributed by atoms with Gasteiger partial charge in [0, 0.05) is 17.8 Å². The molecule has 2 rings (SSSR count). The summed E-state index contributed by atoms with van der Waals surface area (Å²) in [4.78, 5) is 0. The summed E-state index contributed by atoms with van der Waals surface area (Å²) in [5.41, 5.74) is 6.41. The van der Waals surface area contributed by atoms with E-state index in [4.69, 9.17) is 17.3 Å². The van der Waals surface area contributed by atoms with Crippen LogP contribution in [0.1, 0.15) is 5.56 Å². The number of nitrogens with two attached hydrogens (primary N) is 1. The van der Waals surface area contributed by atoms with Crippen molar-refractivity contribution in [3.8, 4) is 0 Å². The third-order valence-electron chi connectivity index (χ3n) is 2.24. The first kappa shape index (κ1) is 12.2. The molecule has 0 saturated heterocycles. The van der Waals surface area contributed by atoms with Crippen LogP contribution in [-0.4, -0.2) is 14.8 Å². The topological polar surface area (TPSA) is 56.7 Å². The van der Waals surface area contributed by atoms with E-state index in [1.165, 1.54) is 23.9 Å². The number of thioether (sulfide) groups is 1. The highest BCUT2D eigenvalue weighted by atomic mass is 35.5. The second-order valence-corrected chi connectivity index (χ2v) is 4.77. The third-order valence-corrected chi connectivity index (χ3v) is 3.66. The van der Waals surface area contributed by atoms with Gasteiger partial charge in [0.05, 0.1) is 0 Å². The number of rotatable bonds is 3. The van der Waals surface area contributed by atoms with Crippen LogP contribution in [0.4, 0.5) is 10.3 Å². The van der Waals surface area contributed by atoms with Crippen molar-refractivity contribution in [1.82, 2.24) is 14.8 Å². The minimum absolute atomic E-state index is 0.341. The highest BCUT2D eigenvalue weighted by Crippen LogP contribution is 2.26. The smallest absolute Gasteiger partial charge is 0.222 e. The zero-order valence-electron chi connectivity index (χ0n) is 9.02. The number of hydrogen-bond acceptors (Lipinski definition) is 4. The Morgan fingerprint density at radius 2 is 2.24 bits per heavy atom. The Morgan fingerprint density at radius 1 is 1.47 bits per heavy atom. The molecular weight excluding hydrogens is 263 g/mol. The first-order valence-electron chi connectivity index (χ1n) is 4.79. The van der Waals surface area contributed by atoms with Gasteiger partial charge in [0.1, 0.15) is 5.82 Å². The van der Waals surface area contributed by atoms with Crippen LogP contribution in [0.2, 0.25) is 5.02 Å². The van der Waals surface area contributed by atoms with E-state index >= 15 is 0 Å². The van der Waals surface area contributed by atoms with Crippen LogP contribution >= 0.6 is 23.4 Å². The highest BCUT2D eigenvalue weighted by Gasteiger charge is 2.08. The Morgan fingerprint density at radius 3 is 2.82 bits per heavy atom. The number of nitrogen functional groups attached to an aromatic ring is 1. The average molecular weight is 273 g/mol. The van der Waals surface area contributed by atoms with Crippen LogP contribution < -0.4 is 5.73 Å². The molecule has 17 heavy (non-hydrogen) atoms.